The molecular formula is C27H27NO4. The van der Waals surface area contributed by atoms with E-state index in [4.69, 9.17) is 14.2 Å². The minimum atomic E-state index is -0.300. The van der Waals surface area contributed by atoms with E-state index in [1.54, 1.807) is 19.1 Å². The van der Waals surface area contributed by atoms with Crippen LogP contribution in [-0.2, 0) is 17.6 Å². The molecule has 1 aliphatic heterocycles. The first-order chi connectivity index (χ1) is 15.6. The van der Waals surface area contributed by atoms with E-state index < -0.39 is 0 Å². The molecule has 5 nitrogen and oxygen atoms in total. The second kappa shape index (κ2) is 8.58. The maximum Gasteiger partial charge on any atom is 0.410 e. The molecule has 3 aromatic carbocycles. The molecule has 0 aromatic heterocycles. The Morgan fingerprint density at radius 2 is 1.56 bits per heavy atom. The van der Waals surface area contributed by atoms with Crippen molar-refractivity contribution in [2.24, 2.45) is 0 Å². The van der Waals surface area contributed by atoms with Gasteiger partial charge in [-0.15, -0.1) is 0 Å². The van der Waals surface area contributed by atoms with Gasteiger partial charge in [0.2, 0.25) is 0 Å². The summed E-state index contributed by atoms with van der Waals surface area (Å²) in [6, 6.07) is 22.8. The molecule has 32 heavy (non-hydrogen) atoms. The van der Waals surface area contributed by atoms with Gasteiger partial charge in [0.05, 0.1) is 7.11 Å². The minimum absolute atomic E-state index is 0.242. The van der Waals surface area contributed by atoms with E-state index in [0.717, 1.165) is 24.8 Å². The van der Waals surface area contributed by atoms with Crippen LogP contribution in [0.2, 0.25) is 0 Å². The third-order valence-electron chi connectivity index (χ3n) is 6.42. The Bertz CT molecular complexity index is 1090. The molecule has 1 saturated heterocycles. The molecule has 1 heterocycles. The van der Waals surface area contributed by atoms with E-state index in [9.17, 15) is 4.79 Å². The second-order valence-corrected chi connectivity index (χ2v) is 8.39. The Kier molecular flexibility index (Phi) is 5.48. The lowest BCUT2D eigenvalue weighted by Crippen LogP contribution is -2.35. The summed E-state index contributed by atoms with van der Waals surface area (Å²) < 4.78 is 18.0. The lowest BCUT2D eigenvalue weighted by molar-refractivity contribution is 0.0322. The van der Waals surface area contributed by atoms with Crippen LogP contribution in [0.25, 0.3) is 0 Å². The van der Waals surface area contributed by atoms with Crippen molar-refractivity contribution in [3.63, 3.8) is 0 Å². The highest BCUT2D eigenvalue weighted by molar-refractivity contribution is 5.68. The summed E-state index contributed by atoms with van der Waals surface area (Å²) >= 11 is 0. The molecule has 0 radical (unpaired) electrons. The van der Waals surface area contributed by atoms with Crippen molar-refractivity contribution < 1.29 is 19.0 Å². The number of fused-ring (bicyclic) bond motifs is 2. The maximum absolute atomic E-state index is 12.1. The maximum atomic E-state index is 12.1. The average molecular weight is 430 g/mol. The lowest BCUT2D eigenvalue weighted by atomic mass is 9.97. The first-order valence-corrected chi connectivity index (χ1v) is 11.1. The number of amides is 1. The summed E-state index contributed by atoms with van der Waals surface area (Å²) in [5.74, 6) is 1.31. The molecule has 0 bridgehead atoms. The van der Waals surface area contributed by atoms with Gasteiger partial charge in [-0.25, -0.2) is 4.79 Å². The molecule has 1 atom stereocenters. The average Bonchev–Trinajstić information content (AvgIpc) is 2.98. The van der Waals surface area contributed by atoms with Crippen molar-refractivity contribution in [2.75, 3.05) is 20.7 Å². The number of hydrogen-bond donors (Lipinski definition) is 0. The fraction of sp³-hybridized carbons (Fsp3) is 0.296. The highest BCUT2D eigenvalue weighted by Crippen LogP contribution is 2.40. The Balaban J connectivity index is 1.54. The summed E-state index contributed by atoms with van der Waals surface area (Å²) in [5.41, 5.74) is 5.87. The topological polar surface area (TPSA) is 48.0 Å². The van der Waals surface area contributed by atoms with Gasteiger partial charge in [0, 0.05) is 31.1 Å². The zero-order chi connectivity index (χ0) is 22.1. The highest BCUT2D eigenvalue weighted by atomic mass is 16.6. The van der Waals surface area contributed by atoms with E-state index >= 15 is 0 Å². The number of hydrogen-bond acceptors (Lipinski definition) is 4. The van der Waals surface area contributed by atoms with Gasteiger partial charge < -0.3 is 19.1 Å². The molecule has 1 aliphatic carbocycles. The molecular weight excluding hydrogens is 402 g/mol. The van der Waals surface area contributed by atoms with Crippen molar-refractivity contribution in [2.45, 2.75) is 31.5 Å². The first-order valence-electron chi connectivity index (χ1n) is 11.1. The van der Waals surface area contributed by atoms with Gasteiger partial charge in [0.25, 0.3) is 0 Å². The normalized spacial score (nSPS) is 18.2. The molecule has 1 amide bonds. The standard InChI is InChI=1S/C27H27NO4/c1-28-16-15-23(32-27(28)29)20-13-14-24(30-2)25(17-20)31-26-21-9-5-3-7-18(21)11-12-19-8-4-6-10-22(19)26/h3-10,13-14,17,23,26H,11-12,15-16H2,1-2H3. The molecule has 5 rings (SSSR count). The molecule has 3 aromatic rings. The van der Waals surface area contributed by atoms with Gasteiger partial charge in [-0.05, 0) is 41.7 Å². The quantitative estimate of drug-likeness (QED) is 0.551. The largest absolute Gasteiger partial charge is 0.493 e. The number of nitrogens with zero attached hydrogens (tertiary/aromatic N) is 1. The molecule has 0 saturated carbocycles. The van der Waals surface area contributed by atoms with Crippen LogP contribution in [0.3, 0.4) is 0 Å². The Labute approximate surface area is 188 Å². The minimum Gasteiger partial charge on any atom is -0.493 e. The predicted octanol–water partition coefficient (Wildman–Crippen LogP) is 5.48. The SMILES string of the molecule is COc1ccc(C2CCN(C)C(=O)O2)cc1OC1c2ccccc2CCc2ccccc21. The third kappa shape index (κ3) is 3.79. The van der Waals surface area contributed by atoms with Crippen molar-refractivity contribution in [1.29, 1.82) is 0 Å². The zero-order valence-corrected chi connectivity index (χ0v) is 18.4. The van der Waals surface area contributed by atoms with E-state index in [0.29, 0.717) is 18.0 Å². The van der Waals surface area contributed by atoms with Crippen LogP contribution in [0.15, 0.2) is 66.7 Å². The number of aryl methyl sites for hydroxylation is 2. The monoisotopic (exact) mass is 429 g/mol. The van der Waals surface area contributed by atoms with Crippen molar-refractivity contribution in [1.82, 2.24) is 4.90 Å². The number of rotatable bonds is 4. The summed E-state index contributed by atoms with van der Waals surface area (Å²) in [6.07, 6.45) is 1.87. The van der Waals surface area contributed by atoms with Gasteiger partial charge in [0.1, 0.15) is 12.2 Å². The van der Waals surface area contributed by atoms with Crippen LogP contribution in [0.5, 0.6) is 11.5 Å². The number of ether oxygens (including phenoxy) is 3. The van der Waals surface area contributed by atoms with Gasteiger partial charge in [-0.3, -0.25) is 0 Å². The molecule has 1 unspecified atom stereocenters. The van der Waals surface area contributed by atoms with Gasteiger partial charge in [-0.1, -0.05) is 54.6 Å². The van der Waals surface area contributed by atoms with Crippen LogP contribution < -0.4 is 9.47 Å². The van der Waals surface area contributed by atoms with Gasteiger partial charge >= 0.3 is 6.09 Å². The van der Waals surface area contributed by atoms with Crippen molar-refractivity contribution in [3.8, 4) is 11.5 Å². The lowest BCUT2D eigenvalue weighted by Gasteiger charge is -2.30. The van der Waals surface area contributed by atoms with Gasteiger partial charge in [0.15, 0.2) is 11.5 Å². The smallest absolute Gasteiger partial charge is 0.410 e. The number of carbonyl (C=O) groups excluding carboxylic acids is 1. The summed E-state index contributed by atoms with van der Waals surface area (Å²) in [7, 11) is 3.40. The fourth-order valence-electron chi connectivity index (χ4n) is 4.62. The fourth-order valence-corrected chi connectivity index (χ4v) is 4.62. The summed E-state index contributed by atoms with van der Waals surface area (Å²) in [4.78, 5) is 13.7. The number of benzene rings is 3. The predicted molar refractivity (Wildman–Crippen MR) is 122 cm³/mol. The highest BCUT2D eigenvalue weighted by Gasteiger charge is 2.29. The van der Waals surface area contributed by atoms with Crippen LogP contribution >= 0.6 is 0 Å². The number of cyclic esters (lactones) is 1. The summed E-state index contributed by atoms with van der Waals surface area (Å²) in [5, 5.41) is 0. The molecule has 5 heteroatoms. The molecule has 164 valence electrons. The van der Waals surface area contributed by atoms with Crippen molar-refractivity contribution >= 4 is 6.09 Å². The molecule has 1 fully saturated rings. The third-order valence-corrected chi connectivity index (χ3v) is 6.42. The number of methoxy groups -OCH3 is 1. The summed E-state index contributed by atoms with van der Waals surface area (Å²) in [6.45, 7) is 0.662. The van der Waals surface area contributed by atoms with Gasteiger partial charge in [-0.2, -0.15) is 0 Å². The second-order valence-electron chi connectivity index (χ2n) is 8.39. The van der Waals surface area contributed by atoms with Crippen LogP contribution in [0, 0.1) is 0 Å². The van der Waals surface area contributed by atoms with Crippen LogP contribution in [0.1, 0.15) is 46.4 Å². The van der Waals surface area contributed by atoms with Crippen LogP contribution in [0.4, 0.5) is 4.79 Å². The van der Waals surface area contributed by atoms with E-state index in [-0.39, 0.29) is 18.3 Å². The van der Waals surface area contributed by atoms with E-state index in [1.807, 2.05) is 18.2 Å². The Morgan fingerprint density at radius 1 is 0.906 bits per heavy atom. The Morgan fingerprint density at radius 3 is 2.19 bits per heavy atom. The molecule has 0 spiro atoms. The van der Waals surface area contributed by atoms with Crippen molar-refractivity contribution in [3.05, 3.63) is 94.5 Å². The van der Waals surface area contributed by atoms with E-state index in [2.05, 4.69) is 48.5 Å². The molecule has 2 aliphatic rings. The first kappa shape index (κ1) is 20.4. The number of carbonyl (C=O) groups is 1. The Hall–Kier alpha value is -3.47. The molecule has 0 N–H and O–H groups in total. The zero-order valence-electron chi connectivity index (χ0n) is 18.4. The van der Waals surface area contributed by atoms with Crippen LogP contribution in [-0.4, -0.2) is 31.7 Å². The van der Waals surface area contributed by atoms with E-state index in [1.165, 1.54) is 22.3 Å².